The second kappa shape index (κ2) is 7.88. The van der Waals surface area contributed by atoms with Gasteiger partial charge in [-0.15, -0.1) is 12.4 Å². The molecule has 7 nitrogen and oxygen atoms in total. The topological polar surface area (TPSA) is 110 Å². The number of nitrogens with zero attached hydrogens (tertiary/aromatic N) is 1. The van der Waals surface area contributed by atoms with E-state index in [4.69, 9.17) is 5.73 Å². The number of aryl methyl sites for hydroxylation is 1. The number of carbonyl (C=O) groups excluding carboxylic acids is 1. The Balaban J connectivity index is 0.00000225. The Kier molecular flexibility index (Phi) is 6.07. The molecule has 9 heteroatoms. The summed E-state index contributed by atoms with van der Waals surface area (Å²) in [5.41, 5.74) is 7.61. The van der Waals surface area contributed by atoms with Gasteiger partial charge in [0.25, 0.3) is 5.56 Å². The molecule has 1 unspecified atom stereocenters. The standard InChI is InChI=1S/C16H17BrN4O3.ClH/c17-12-7-21(16(24)20-15(12)23)8-14(22)19-13-3-1-2-9-6-10(18)4-5-11(9)13;/h4-7,13H,1-3,8,18H2,(H,19,22)(H,20,23,24);1H. The highest BCUT2D eigenvalue weighted by Gasteiger charge is 2.22. The van der Waals surface area contributed by atoms with Gasteiger partial charge in [0.1, 0.15) is 6.54 Å². The van der Waals surface area contributed by atoms with Gasteiger partial charge >= 0.3 is 5.69 Å². The number of benzene rings is 1. The van der Waals surface area contributed by atoms with E-state index in [0.29, 0.717) is 5.69 Å². The van der Waals surface area contributed by atoms with Crippen molar-refractivity contribution < 1.29 is 4.79 Å². The molecule has 1 aliphatic rings. The lowest BCUT2D eigenvalue weighted by atomic mass is 9.87. The predicted molar refractivity (Wildman–Crippen MR) is 101 cm³/mol. The minimum Gasteiger partial charge on any atom is -0.399 e. The largest absolute Gasteiger partial charge is 0.399 e. The summed E-state index contributed by atoms with van der Waals surface area (Å²) in [7, 11) is 0. The molecule has 1 aromatic heterocycles. The fraction of sp³-hybridized carbons (Fsp3) is 0.312. The third kappa shape index (κ3) is 4.32. The lowest BCUT2D eigenvalue weighted by molar-refractivity contribution is -0.122. The zero-order chi connectivity index (χ0) is 17.3. The Morgan fingerprint density at radius 1 is 1.40 bits per heavy atom. The maximum atomic E-state index is 12.3. The van der Waals surface area contributed by atoms with Crippen molar-refractivity contribution >= 4 is 39.9 Å². The average Bonchev–Trinajstić information content (AvgIpc) is 2.52. The number of nitrogens with one attached hydrogen (secondary N) is 2. The van der Waals surface area contributed by atoms with Gasteiger partial charge in [-0.3, -0.25) is 19.1 Å². The first-order chi connectivity index (χ1) is 11.4. The van der Waals surface area contributed by atoms with Crippen molar-refractivity contribution in [2.75, 3.05) is 5.73 Å². The van der Waals surface area contributed by atoms with Gasteiger partial charge in [-0.25, -0.2) is 4.79 Å². The van der Waals surface area contributed by atoms with E-state index < -0.39 is 11.2 Å². The minimum absolute atomic E-state index is 0. The third-order valence-electron chi connectivity index (χ3n) is 4.10. The van der Waals surface area contributed by atoms with E-state index in [1.165, 1.54) is 6.20 Å². The van der Waals surface area contributed by atoms with Crippen LogP contribution in [0.1, 0.15) is 30.0 Å². The van der Waals surface area contributed by atoms with E-state index in [0.717, 1.165) is 35.0 Å². The number of aromatic nitrogens is 2. The van der Waals surface area contributed by atoms with Crippen molar-refractivity contribution in [2.45, 2.75) is 31.8 Å². The molecule has 134 valence electrons. The SMILES string of the molecule is Cl.Nc1ccc2c(c1)CCCC2NC(=O)Cn1cc(Br)c(=O)[nH]c1=O. The quantitative estimate of drug-likeness (QED) is 0.642. The number of amides is 1. The Labute approximate surface area is 158 Å². The number of hydrogen-bond donors (Lipinski definition) is 3. The van der Waals surface area contributed by atoms with E-state index in [1.54, 1.807) is 0 Å². The fourth-order valence-corrected chi connectivity index (χ4v) is 3.33. The molecule has 0 bridgehead atoms. The van der Waals surface area contributed by atoms with Crippen LogP contribution >= 0.6 is 28.3 Å². The molecule has 0 saturated heterocycles. The van der Waals surface area contributed by atoms with Gasteiger partial charge in [0.15, 0.2) is 0 Å². The van der Waals surface area contributed by atoms with Crippen LogP contribution in [0, 0.1) is 0 Å². The second-order valence-corrected chi connectivity index (χ2v) is 6.69. The summed E-state index contributed by atoms with van der Waals surface area (Å²) in [4.78, 5) is 37.5. The molecule has 0 spiro atoms. The number of hydrogen-bond acceptors (Lipinski definition) is 4. The molecule has 4 N–H and O–H groups in total. The highest BCUT2D eigenvalue weighted by Crippen LogP contribution is 2.30. The Morgan fingerprint density at radius 2 is 2.16 bits per heavy atom. The molecular formula is C16H18BrClN4O3. The van der Waals surface area contributed by atoms with Gasteiger partial charge in [-0.1, -0.05) is 6.07 Å². The van der Waals surface area contributed by atoms with Gasteiger partial charge in [-0.05, 0) is 58.5 Å². The van der Waals surface area contributed by atoms with E-state index in [-0.39, 0.29) is 35.4 Å². The molecule has 2 aromatic rings. The molecule has 1 amide bonds. The monoisotopic (exact) mass is 428 g/mol. The van der Waals surface area contributed by atoms with Crippen LogP contribution in [0.5, 0.6) is 0 Å². The smallest absolute Gasteiger partial charge is 0.328 e. The van der Waals surface area contributed by atoms with Crippen LogP contribution in [-0.4, -0.2) is 15.5 Å². The zero-order valence-corrected chi connectivity index (χ0v) is 15.7. The van der Waals surface area contributed by atoms with E-state index in [1.807, 2.05) is 18.2 Å². The number of carbonyl (C=O) groups is 1. The van der Waals surface area contributed by atoms with Gasteiger partial charge in [-0.2, -0.15) is 0 Å². The molecule has 3 rings (SSSR count). The number of anilines is 1. The Morgan fingerprint density at radius 3 is 2.92 bits per heavy atom. The summed E-state index contributed by atoms with van der Waals surface area (Å²) in [6, 6.07) is 5.62. The van der Waals surface area contributed by atoms with Crippen LogP contribution in [0.25, 0.3) is 0 Å². The summed E-state index contributed by atoms with van der Waals surface area (Å²) in [5.74, 6) is -0.286. The zero-order valence-electron chi connectivity index (χ0n) is 13.3. The van der Waals surface area contributed by atoms with E-state index >= 15 is 0 Å². The Bertz CT molecular complexity index is 909. The number of H-pyrrole nitrogens is 1. The highest BCUT2D eigenvalue weighted by molar-refractivity contribution is 9.10. The first-order valence-corrected chi connectivity index (χ1v) is 8.40. The number of aromatic amines is 1. The average molecular weight is 430 g/mol. The molecule has 0 saturated carbocycles. The predicted octanol–water partition coefficient (Wildman–Crippen LogP) is 1.50. The molecule has 1 aromatic carbocycles. The number of fused-ring (bicyclic) bond motifs is 1. The Hall–Kier alpha value is -2.06. The maximum Gasteiger partial charge on any atom is 0.328 e. The molecule has 0 aliphatic heterocycles. The minimum atomic E-state index is -0.616. The molecule has 1 aliphatic carbocycles. The van der Waals surface area contributed by atoms with Crippen LogP contribution < -0.4 is 22.3 Å². The van der Waals surface area contributed by atoms with Crippen molar-refractivity contribution in [1.82, 2.24) is 14.9 Å². The summed E-state index contributed by atoms with van der Waals surface area (Å²) in [6.07, 6.45) is 4.06. The van der Waals surface area contributed by atoms with Crippen LogP contribution in [0.2, 0.25) is 0 Å². The van der Waals surface area contributed by atoms with Gasteiger partial charge in [0, 0.05) is 11.9 Å². The van der Waals surface area contributed by atoms with Crippen LogP contribution in [-0.2, 0) is 17.8 Å². The number of nitrogens with two attached hydrogens (primary N) is 1. The van der Waals surface area contributed by atoms with Crippen LogP contribution in [0.15, 0.2) is 38.5 Å². The normalized spacial score (nSPS) is 15.8. The van der Waals surface area contributed by atoms with E-state index in [9.17, 15) is 14.4 Å². The lowest BCUT2D eigenvalue weighted by Crippen LogP contribution is -2.38. The van der Waals surface area contributed by atoms with Gasteiger partial charge in [0.05, 0.1) is 10.5 Å². The number of nitrogen functional groups attached to an aromatic ring is 1. The first-order valence-electron chi connectivity index (χ1n) is 7.61. The fourth-order valence-electron chi connectivity index (χ4n) is 2.98. The molecule has 0 radical (unpaired) electrons. The van der Waals surface area contributed by atoms with Crippen molar-refractivity contribution in [3.63, 3.8) is 0 Å². The third-order valence-corrected chi connectivity index (χ3v) is 4.66. The second-order valence-electron chi connectivity index (χ2n) is 5.83. The van der Waals surface area contributed by atoms with Crippen molar-refractivity contribution in [2.24, 2.45) is 0 Å². The van der Waals surface area contributed by atoms with Crippen LogP contribution in [0.3, 0.4) is 0 Å². The molecule has 1 atom stereocenters. The molecule has 1 heterocycles. The first kappa shape index (κ1) is 19.3. The van der Waals surface area contributed by atoms with Crippen LogP contribution in [0.4, 0.5) is 5.69 Å². The number of rotatable bonds is 3. The summed E-state index contributed by atoms with van der Waals surface area (Å²) in [5, 5.41) is 2.96. The molecule has 0 fully saturated rings. The highest BCUT2D eigenvalue weighted by atomic mass is 79.9. The van der Waals surface area contributed by atoms with Crippen molar-refractivity contribution in [1.29, 1.82) is 0 Å². The summed E-state index contributed by atoms with van der Waals surface area (Å²) >= 11 is 3.05. The number of halogens is 2. The summed E-state index contributed by atoms with van der Waals surface area (Å²) < 4.78 is 1.36. The summed E-state index contributed by atoms with van der Waals surface area (Å²) in [6.45, 7) is -0.158. The van der Waals surface area contributed by atoms with Crippen molar-refractivity contribution in [3.05, 3.63) is 60.8 Å². The lowest BCUT2D eigenvalue weighted by Gasteiger charge is -2.26. The molecular weight excluding hydrogens is 412 g/mol. The van der Waals surface area contributed by atoms with Gasteiger partial charge < -0.3 is 11.1 Å². The molecule has 25 heavy (non-hydrogen) atoms. The maximum absolute atomic E-state index is 12.3. The van der Waals surface area contributed by atoms with Gasteiger partial charge in [0.2, 0.25) is 5.91 Å². The van der Waals surface area contributed by atoms with Crippen molar-refractivity contribution in [3.8, 4) is 0 Å². The van der Waals surface area contributed by atoms with E-state index in [2.05, 4.69) is 26.2 Å².